The summed E-state index contributed by atoms with van der Waals surface area (Å²) >= 11 is 0. The van der Waals surface area contributed by atoms with Gasteiger partial charge >= 0.3 is 0 Å². The Hall–Kier alpha value is -15.6. The molecule has 116 heavy (non-hydrogen) atoms. The summed E-state index contributed by atoms with van der Waals surface area (Å²) in [6, 6.07) is 146. The fourth-order valence-electron chi connectivity index (χ4n) is 17.9. The van der Waals surface area contributed by atoms with E-state index in [9.17, 15) is 0 Å². The molecule has 8 heteroatoms. The molecular formula is C108H68N4O4. The van der Waals surface area contributed by atoms with Gasteiger partial charge < -0.3 is 36.6 Å². The second-order valence-electron chi connectivity index (χ2n) is 29.7. The first-order valence-corrected chi connectivity index (χ1v) is 39.3. The molecule has 0 unspecified atom stereocenters. The lowest BCUT2D eigenvalue weighted by atomic mass is 10.0. The highest BCUT2D eigenvalue weighted by molar-refractivity contribution is 6.19. The van der Waals surface area contributed by atoms with Crippen molar-refractivity contribution in [2.75, 3.05) is 9.80 Å². The maximum atomic E-state index is 6.98. The van der Waals surface area contributed by atoms with Gasteiger partial charge in [0, 0.05) is 82.9 Å². The maximum Gasteiger partial charge on any atom is 0.159 e. The van der Waals surface area contributed by atoms with Gasteiger partial charge in [0.15, 0.2) is 11.2 Å². The molecule has 24 aromatic rings. The number of benzene rings is 18. The molecule has 24 rings (SSSR count). The number of rotatable bonds is 12. The Morgan fingerprint density at radius 3 is 0.983 bits per heavy atom. The highest BCUT2D eigenvalue weighted by Gasteiger charge is 2.27. The SMILES string of the molecule is c1ccc(-c2ccc(N(c3ccc4c(c3)oc3cccc(-n5c6ccccc6c6ccccc65)c34)c3cccc4c3oc3c(-c5ccccc5)cccc34)cc2)cc1.c1ccc(-c2ccc(N(c3ccc4c(c3)oc3cccc(-n5c6ccccc6c6ccccc65)c34)c3cccc4c3oc3ccc(-c5ccccc5)cc34)cc2)cc1. The highest BCUT2D eigenvalue weighted by atomic mass is 16.3. The number of para-hydroxylation sites is 7. The lowest BCUT2D eigenvalue weighted by Gasteiger charge is -2.25. The quantitative estimate of drug-likeness (QED) is 0.121. The molecule has 8 nitrogen and oxygen atoms in total. The van der Waals surface area contributed by atoms with Crippen molar-refractivity contribution in [3.63, 3.8) is 0 Å². The summed E-state index contributed by atoms with van der Waals surface area (Å²) < 4.78 is 32.1. The molecular weight excluding hydrogens is 1420 g/mol. The Kier molecular flexibility index (Phi) is 15.5. The predicted molar refractivity (Wildman–Crippen MR) is 482 cm³/mol. The summed E-state index contributed by atoms with van der Waals surface area (Å²) in [5, 5.41) is 13.5. The van der Waals surface area contributed by atoms with Gasteiger partial charge in [-0.15, -0.1) is 0 Å². The Balaban J connectivity index is 0.000000137. The predicted octanol–water partition coefficient (Wildman–Crippen LogP) is 30.8. The zero-order chi connectivity index (χ0) is 76.3. The molecule has 6 aromatic heterocycles. The van der Waals surface area contributed by atoms with Crippen LogP contribution >= 0.6 is 0 Å². The van der Waals surface area contributed by atoms with Crippen LogP contribution in [0.5, 0.6) is 0 Å². The van der Waals surface area contributed by atoms with Crippen LogP contribution in [0, 0.1) is 0 Å². The number of fused-ring (bicyclic) bond motifs is 18. The first-order chi connectivity index (χ1) is 57.5. The summed E-state index contributed by atoms with van der Waals surface area (Å²) in [4.78, 5) is 4.58. The van der Waals surface area contributed by atoms with Crippen molar-refractivity contribution in [1.82, 2.24) is 9.13 Å². The molecule has 0 saturated heterocycles. The Morgan fingerprint density at radius 2 is 0.526 bits per heavy atom. The van der Waals surface area contributed by atoms with Crippen molar-refractivity contribution in [1.29, 1.82) is 0 Å². The van der Waals surface area contributed by atoms with Crippen LogP contribution in [0.2, 0.25) is 0 Å². The molecule has 544 valence electrons. The first-order valence-electron chi connectivity index (χ1n) is 39.3. The summed E-state index contributed by atoms with van der Waals surface area (Å²) in [6.07, 6.45) is 0. The second-order valence-corrected chi connectivity index (χ2v) is 29.7. The molecule has 18 aromatic carbocycles. The third-order valence-electron chi connectivity index (χ3n) is 23.2. The molecule has 0 fully saturated rings. The van der Waals surface area contributed by atoms with Crippen LogP contribution in [0.15, 0.2) is 430 Å². The minimum Gasteiger partial charge on any atom is -0.456 e. The van der Waals surface area contributed by atoms with Crippen LogP contribution in [0.4, 0.5) is 34.1 Å². The first kappa shape index (κ1) is 66.2. The number of aromatic nitrogens is 2. The number of hydrogen-bond donors (Lipinski definition) is 0. The number of furan rings is 4. The average Bonchev–Trinajstić information content (AvgIpc) is 1.57. The van der Waals surface area contributed by atoms with Crippen LogP contribution < -0.4 is 9.80 Å². The lowest BCUT2D eigenvalue weighted by molar-refractivity contribution is 0.667. The minimum absolute atomic E-state index is 0.815. The molecule has 0 bridgehead atoms. The van der Waals surface area contributed by atoms with E-state index >= 15 is 0 Å². The normalized spacial score (nSPS) is 11.8. The van der Waals surface area contributed by atoms with E-state index in [1.54, 1.807) is 0 Å². The van der Waals surface area contributed by atoms with Gasteiger partial charge in [0.05, 0.1) is 67.0 Å². The third-order valence-corrected chi connectivity index (χ3v) is 23.2. The summed E-state index contributed by atoms with van der Waals surface area (Å²) in [5.41, 5.74) is 28.6. The molecule has 0 spiro atoms. The molecule has 0 atom stereocenters. The van der Waals surface area contributed by atoms with Crippen LogP contribution in [0.3, 0.4) is 0 Å². The van der Waals surface area contributed by atoms with Crippen molar-refractivity contribution < 1.29 is 17.7 Å². The van der Waals surface area contributed by atoms with Crippen molar-refractivity contribution in [3.05, 3.63) is 413 Å². The van der Waals surface area contributed by atoms with Crippen molar-refractivity contribution >= 4 is 165 Å². The fourth-order valence-corrected chi connectivity index (χ4v) is 17.9. The van der Waals surface area contributed by atoms with E-state index in [4.69, 9.17) is 17.7 Å². The molecule has 0 N–H and O–H groups in total. The maximum absolute atomic E-state index is 6.98. The zero-order valence-corrected chi connectivity index (χ0v) is 62.7. The fraction of sp³-hybridized carbons (Fsp3) is 0. The standard InChI is InChI=1S/2C54H34N2O2/c1-3-14-35(15-4-1)36-28-30-38(31-29-36)55(49-26-12-22-44-43-21-11-20-40(53(43)58-54(44)49)37-16-5-2-6-17-37)39-32-33-45-51(34-39)57-50-27-13-25-48(52(45)50)56-46-23-9-7-18-41(46)42-19-8-10-24-47(42)56;1-3-13-35(14-4-1)37-25-28-39(29-26-37)55(49-23-11-19-43-45-33-38(36-15-5-2-6-16-36)27-32-50(45)58-54(43)49)40-30-31-44-52(34-40)57-51-24-12-22-48(53(44)51)56-46-20-9-7-17-41(46)42-18-8-10-21-47(42)56/h2*1-34H. The van der Waals surface area contributed by atoms with E-state index in [1.165, 1.54) is 60.3 Å². The van der Waals surface area contributed by atoms with Crippen LogP contribution in [-0.2, 0) is 0 Å². The Labute approximate surface area is 666 Å². The summed E-state index contributed by atoms with van der Waals surface area (Å²) in [7, 11) is 0. The smallest absolute Gasteiger partial charge is 0.159 e. The summed E-state index contributed by atoms with van der Waals surface area (Å²) in [5.74, 6) is 0. The molecule has 0 aliphatic heterocycles. The summed E-state index contributed by atoms with van der Waals surface area (Å²) in [6.45, 7) is 0. The molecule has 0 radical (unpaired) electrons. The van der Waals surface area contributed by atoms with Gasteiger partial charge in [-0.25, -0.2) is 0 Å². The van der Waals surface area contributed by atoms with Gasteiger partial charge in [-0.3, -0.25) is 0 Å². The molecule has 0 aliphatic rings. The number of nitrogens with zero attached hydrogens (tertiary/aromatic N) is 4. The molecule has 6 heterocycles. The lowest BCUT2D eigenvalue weighted by Crippen LogP contribution is -2.10. The monoisotopic (exact) mass is 1480 g/mol. The van der Waals surface area contributed by atoms with Gasteiger partial charge in [0.1, 0.15) is 33.5 Å². The minimum atomic E-state index is 0.815. The van der Waals surface area contributed by atoms with Gasteiger partial charge in [-0.2, -0.15) is 0 Å². The van der Waals surface area contributed by atoms with Crippen molar-refractivity contribution in [2.24, 2.45) is 0 Å². The van der Waals surface area contributed by atoms with Gasteiger partial charge in [0.25, 0.3) is 0 Å². The van der Waals surface area contributed by atoms with E-state index in [2.05, 4.69) is 425 Å². The van der Waals surface area contributed by atoms with Crippen molar-refractivity contribution in [3.8, 4) is 55.9 Å². The largest absolute Gasteiger partial charge is 0.456 e. The van der Waals surface area contributed by atoms with Gasteiger partial charge in [-0.1, -0.05) is 279 Å². The van der Waals surface area contributed by atoms with E-state index in [0.29, 0.717) is 0 Å². The van der Waals surface area contributed by atoms with E-state index in [-0.39, 0.29) is 0 Å². The second kappa shape index (κ2) is 27.1. The van der Waals surface area contributed by atoms with E-state index in [0.717, 1.165) is 161 Å². The number of hydrogen-bond acceptors (Lipinski definition) is 6. The van der Waals surface area contributed by atoms with Gasteiger partial charge in [-0.05, 0) is 160 Å². The average molecular weight is 1490 g/mol. The van der Waals surface area contributed by atoms with Crippen LogP contribution in [-0.4, -0.2) is 9.13 Å². The zero-order valence-electron chi connectivity index (χ0n) is 62.7. The van der Waals surface area contributed by atoms with E-state index < -0.39 is 0 Å². The van der Waals surface area contributed by atoms with E-state index in [1.807, 2.05) is 6.07 Å². The Bertz CT molecular complexity index is 7830. The topological polar surface area (TPSA) is 68.9 Å². The van der Waals surface area contributed by atoms with Crippen molar-refractivity contribution in [2.45, 2.75) is 0 Å². The van der Waals surface area contributed by atoms with Gasteiger partial charge in [0.2, 0.25) is 0 Å². The molecule has 0 amide bonds. The third kappa shape index (κ3) is 10.8. The molecule has 0 aliphatic carbocycles. The van der Waals surface area contributed by atoms with Crippen LogP contribution in [0.25, 0.3) is 187 Å². The van der Waals surface area contributed by atoms with Crippen LogP contribution in [0.1, 0.15) is 0 Å². The highest BCUT2D eigenvalue weighted by Crippen LogP contribution is 2.50. The molecule has 0 saturated carbocycles. The number of anilines is 6. The Morgan fingerprint density at radius 1 is 0.181 bits per heavy atom.